The average Bonchev–Trinajstić information content (AvgIpc) is 2.37. The molecular weight excluding hydrogens is 244 g/mol. The van der Waals surface area contributed by atoms with Crippen LogP contribution >= 0.6 is 0 Å². The van der Waals surface area contributed by atoms with Gasteiger partial charge in [0.2, 0.25) is 0 Å². The van der Waals surface area contributed by atoms with Gasteiger partial charge in [-0.3, -0.25) is 0 Å². The van der Waals surface area contributed by atoms with Gasteiger partial charge in [0.15, 0.2) is 6.10 Å². The van der Waals surface area contributed by atoms with Crippen molar-refractivity contribution in [2.45, 2.75) is 45.6 Å². The van der Waals surface area contributed by atoms with E-state index in [-0.39, 0.29) is 24.7 Å². The highest BCUT2D eigenvalue weighted by atomic mass is 16.5. The lowest BCUT2D eigenvalue weighted by Gasteiger charge is -2.13. The van der Waals surface area contributed by atoms with Crippen molar-refractivity contribution in [1.82, 2.24) is 0 Å². The molecule has 1 unspecified atom stereocenters. The highest BCUT2D eigenvalue weighted by Gasteiger charge is 2.17. The summed E-state index contributed by atoms with van der Waals surface area (Å²) in [5.74, 6) is -0.120. The standard InChI is InChI=1S/C15H22O4/c1-4-19-15(18)13(16)9-8-11-6-5-7-12(10(2)3)14(11)17/h5-7,10,13,16-17H,4,8-9H2,1-3H3. The molecule has 1 aromatic carbocycles. The minimum atomic E-state index is -1.14. The smallest absolute Gasteiger partial charge is 0.334 e. The second-order valence-electron chi connectivity index (χ2n) is 4.82. The van der Waals surface area contributed by atoms with Crippen LogP contribution in [0.15, 0.2) is 18.2 Å². The number of esters is 1. The Morgan fingerprint density at radius 2 is 2.05 bits per heavy atom. The van der Waals surface area contributed by atoms with Crippen molar-refractivity contribution < 1.29 is 19.7 Å². The number of hydrogen-bond donors (Lipinski definition) is 2. The molecule has 0 heterocycles. The van der Waals surface area contributed by atoms with Gasteiger partial charge in [-0.1, -0.05) is 32.0 Å². The highest BCUT2D eigenvalue weighted by molar-refractivity contribution is 5.74. The Morgan fingerprint density at radius 1 is 1.37 bits per heavy atom. The zero-order valence-electron chi connectivity index (χ0n) is 11.7. The first-order chi connectivity index (χ1) is 8.97. The van der Waals surface area contributed by atoms with Gasteiger partial charge in [-0.15, -0.1) is 0 Å². The predicted molar refractivity (Wildman–Crippen MR) is 73.2 cm³/mol. The fraction of sp³-hybridized carbons (Fsp3) is 0.533. The summed E-state index contributed by atoms with van der Waals surface area (Å²) in [6.07, 6.45) is -0.456. The number of aromatic hydroxyl groups is 1. The summed E-state index contributed by atoms with van der Waals surface area (Å²) >= 11 is 0. The molecule has 1 rings (SSSR count). The number of hydrogen-bond acceptors (Lipinski definition) is 4. The molecule has 0 aromatic heterocycles. The number of aryl methyl sites for hydroxylation is 1. The van der Waals surface area contributed by atoms with Gasteiger partial charge in [0.1, 0.15) is 5.75 Å². The first-order valence-corrected chi connectivity index (χ1v) is 6.62. The molecule has 4 heteroatoms. The van der Waals surface area contributed by atoms with Gasteiger partial charge < -0.3 is 14.9 Å². The summed E-state index contributed by atoms with van der Waals surface area (Å²) in [7, 11) is 0. The lowest BCUT2D eigenvalue weighted by molar-refractivity contribution is -0.153. The molecule has 0 bridgehead atoms. The van der Waals surface area contributed by atoms with Gasteiger partial charge in [-0.05, 0) is 36.8 Å². The van der Waals surface area contributed by atoms with Crippen LogP contribution in [0.3, 0.4) is 0 Å². The Balaban J connectivity index is 2.68. The third kappa shape index (κ3) is 4.24. The van der Waals surface area contributed by atoms with Gasteiger partial charge >= 0.3 is 5.97 Å². The van der Waals surface area contributed by atoms with Crippen LogP contribution in [0.25, 0.3) is 0 Å². The molecule has 0 aliphatic heterocycles. The van der Waals surface area contributed by atoms with E-state index >= 15 is 0 Å². The second kappa shape index (κ2) is 7.14. The Kier molecular flexibility index (Phi) is 5.83. The van der Waals surface area contributed by atoms with Crippen LogP contribution in [0.4, 0.5) is 0 Å². The number of ether oxygens (including phenoxy) is 1. The van der Waals surface area contributed by atoms with Crippen molar-refractivity contribution in [2.75, 3.05) is 6.61 Å². The zero-order chi connectivity index (χ0) is 14.4. The highest BCUT2D eigenvalue weighted by Crippen LogP contribution is 2.29. The SMILES string of the molecule is CCOC(=O)C(O)CCc1cccc(C(C)C)c1O. The fourth-order valence-electron chi connectivity index (χ4n) is 1.93. The van der Waals surface area contributed by atoms with E-state index in [2.05, 4.69) is 0 Å². The molecule has 0 aliphatic rings. The van der Waals surface area contributed by atoms with Gasteiger partial charge in [-0.25, -0.2) is 4.79 Å². The summed E-state index contributed by atoms with van der Waals surface area (Å²) in [5, 5.41) is 19.7. The quantitative estimate of drug-likeness (QED) is 0.776. The van der Waals surface area contributed by atoms with Crippen LogP contribution in [-0.4, -0.2) is 28.9 Å². The average molecular weight is 266 g/mol. The van der Waals surface area contributed by atoms with Crippen LogP contribution in [0.2, 0.25) is 0 Å². The molecule has 0 saturated carbocycles. The molecular formula is C15H22O4. The first kappa shape index (κ1) is 15.5. The third-order valence-corrected chi connectivity index (χ3v) is 3.02. The molecule has 0 spiro atoms. The summed E-state index contributed by atoms with van der Waals surface area (Å²) in [5.41, 5.74) is 1.62. The van der Waals surface area contributed by atoms with Crippen molar-refractivity contribution >= 4 is 5.97 Å². The van der Waals surface area contributed by atoms with E-state index in [1.54, 1.807) is 13.0 Å². The van der Waals surface area contributed by atoms with Crippen molar-refractivity contribution in [3.8, 4) is 5.75 Å². The maximum atomic E-state index is 11.3. The number of phenolic OH excluding ortho intramolecular Hbond substituents is 1. The van der Waals surface area contributed by atoms with Crippen LogP contribution < -0.4 is 0 Å². The van der Waals surface area contributed by atoms with Gasteiger partial charge in [0, 0.05) is 0 Å². The molecule has 2 N–H and O–H groups in total. The number of carbonyl (C=O) groups is 1. The monoisotopic (exact) mass is 266 g/mol. The maximum absolute atomic E-state index is 11.3. The Morgan fingerprint density at radius 3 is 2.63 bits per heavy atom. The largest absolute Gasteiger partial charge is 0.507 e. The molecule has 1 atom stereocenters. The molecule has 4 nitrogen and oxygen atoms in total. The first-order valence-electron chi connectivity index (χ1n) is 6.62. The topological polar surface area (TPSA) is 66.8 Å². The molecule has 0 radical (unpaired) electrons. The number of rotatable bonds is 6. The number of aliphatic hydroxyl groups excluding tert-OH is 1. The van der Waals surface area contributed by atoms with E-state index < -0.39 is 12.1 Å². The normalized spacial score (nSPS) is 12.5. The molecule has 0 fully saturated rings. The number of carbonyl (C=O) groups excluding carboxylic acids is 1. The molecule has 106 valence electrons. The summed E-state index contributed by atoms with van der Waals surface area (Å²) in [6.45, 7) is 5.96. The molecule has 0 amide bonds. The van der Waals surface area contributed by atoms with Crippen LogP contribution in [0, 0.1) is 0 Å². The van der Waals surface area contributed by atoms with E-state index in [4.69, 9.17) is 4.74 Å². The van der Waals surface area contributed by atoms with Crippen LogP contribution in [-0.2, 0) is 16.0 Å². The molecule has 19 heavy (non-hydrogen) atoms. The zero-order valence-corrected chi connectivity index (χ0v) is 11.7. The van der Waals surface area contributed by atoms with E-state index in [1.807, 2.05) is 26.0 Å². The minimum absolute atomic E-state index is 0.231. The number of para-hydroxylation sites is 1. The molecule has 0 aliphatic carbocycles. The van der Waals surface area contributed by atoms with E-state index in [0.29, 0.717) is 6.42 Å². The molecule has 1 aromatic rings. The summed E-state index contributed by atoms with van der Waals surface area (Å²) in [6, 6.07) is 5.56. The van der Waals surface area contributed by atoms with E-state index in [1.165, 1.54) is 0 Å². The summed E-state index contributed by atoms with van der Waals surface area (Å²) < 4.78 is 4.73. The third-order valence-electron chi connectivity index (χ3n) is 3.02. The van der Waals surface area contributed by atoms with Gasteiger partial charge in [0.25, 0.3) is 0 Å². The predicted octanol–water partition coefficient (Wildman–Crippen LogP) is 2.37. The van der Waals surface area contributed by atoms with Gasteiger partial charge in [-0.2, -0.15) is 0 Å². The van der Waals surface area contributed by atoms with Crippen molar-refractivity contribution in [2.24, 2.45) is 0 Å². The fourth-order valence-corrected chi connectivity index (χ4v) is 1.93. The maximum Gasteiger partial charge on any atom is 0.334 e. The minimum Gasteiger partial charge on any atom is -0.507 e. The lowest BCUT2D eigenvalue weighted by Crippen LogP contribution is -2.23. The van der Waals surface area contributed by atoms with Crippen LogP contribution in [0.1, 0.15) is 44.2 Å². The Hall–Kier alpha value is -1.55. The van der Waals surface area contributed by atoms with E-state index in [9.17, 15) is 15.0 Å². The molecule has 0 saturated heterocycles. The number of benzene rings is 1. The lowest BCUT2D eigenvalue weighted by atomic mass is 9.96. The Labute approximate surface area is 114 Å². The van der Waals surface area contributed by atoms with Crippen molar-refractivity contribution in [1.29, 1.82) is 0 Å². The number of aliphatic hydroxyl groups is 1. The summed E-state index contributed by atoms with van der Waals surface area (Å²) in [4.78, 5) is 11.3. The van der Waals surface area contributed by atoms with Crippen molar-refractivity contribution in [3.63, 3.8) is 0 Å². The number of phenols is 1. The Bertz CT molecular complexity index is 426. The van der Waals surface area contributed by atoms with E-state index in [0.717, 1.165) is 11.1 Å². The van der Waals surface area contributed by atoms with Crippen molar-refractivity contribution in [3.05, 3.63) is 29.3 Å². The second-order valence-corrected chi connectivity index (χ2v) is 4.82. The van der Waals surface area contributed by atoms with Crippen LogP contribution in [0.5, 0.6) is 5.75 Å². The van der Waals surface area contributed by atoms with Gasteiger partial charge in [0.05, 0.1) is 6.61 Å².